The second-order valence-corrected chi connectivity index (χ2v) is 5.29. The van der Waals surface area contributed by atoms with Crippen molar-refractivity contribution >= 4 is 5.69 Å². The van der Waals surface area contributed by atoms with E-state index in [1.807, 2.05) is 12.4 Å². The van der Waals surface area contributed by atoms with Crippen LogP contribution in [0.25, 0.3) is 0 Å². The minimum absolute atomic E-state index is 0.775. The second kappa shape index (κ2) is 4.65. The van der Waals surface area contributed by atoms with E-state index in [2.05, 4.69) is 27.8 Å². The highest BCUT2D eigenvalue weighted by atomic mass is 15.3. The normalized spacial score (nSPS) is 25.7. The van der Waals surface area contributed by atoms with E-state index in [0.717, 1.165) is 6.04 Å². The van der Waals surface area contributed by atoms with Crippen molar-refractivity contribution in [2.24, 2.45) is 0 Å². The quantitative estimate of drug-likeness (QED) is 0.737. The van der Waals surface area contributed by atoms with Gasteiger partial charge in [0.05, 0.1) is 11.9 Å². The highest BCUT2D eigenvalue weighted by Crippen LogP contribution is 2.26. The summed E-state index contributed by atoms with van der Waals surface area (Å²) in [7, 11) is 0. The highest BCUT2D eigenvalue weighted by molar-refractivity contribution is 5.51. The molecule has 0 N–H and O–H groups in total. The predicted molar refractivity (Wildman–Crippen MR) is 70.4 cm³/mol. The summed E-state index contributed by atoms with van der Waals surface area (Å²) in [5, 5.41) is 0. The van der Waals surface area contributed by atoms with Gasteiger partial charge in [-0.15, -0.1) is 0 Å². The highest BCUT2D eigenvalue weighted by Gasteiger charge is 2.29. The molecule has 0 amide bonds. The standard InChI is InChI=1S/C14H21N3/c1-12-5-6-15-10-14(12)17-9-3-8-16-7-2-4-13(16)11-17/h5-6,10,13H,2-4,7-9,11H2,1H3. The van der Waals surface area contributed by atoms with E-state index < -0.39 is 0 Å². The first kappa shape index (κ1) is 11.0. The summed E-state index contributed by atoms with van der Waals surface area (Å²) >= 11 is 0. The van der Waals surface area contributed by atoms with Crippen molar-refractivity contribution in [3.8, 4) is 0 Å². The van der Waals surface area contributed by atoms with E-state index in [4.69, 9.17) is 0 Å². The summed E-state index contributed by atoms with van der Waals surface area (Å²) in [5.74, 6) is 0. The number of aromatic nitrogens is 1. The van der Waals surface area contributed by atoms with E-state index >= 15 is 0 Å². The lowest BCUT2D eigenvalue weighted by atomic mass is 10.2. The number of hydrogen-bond acceptors (Lipinski definition) is 3. The summed E-state index contributed by atoms with van der Waals surface area (Å²) < 4.78 is 0. The zero-order valence-corrected chi connectivity index (χ0v) is 10.6. The Hall–Kier alpha value is -1.09. The molecular weight excluding hydrogens is 210 g/mol. The van der Waals surface area contributed by atoms with Crippen LogP contribution in [0.3, 0.4) is 0 Å². The SMILES string of the molecule is Cc1ccncc1N1CCCN2CCCC2C1. The van der Waals surface area contributed by atoms with Gasteiger partial charge >= 0.3 is 0 Å². The fourth-order valence-corrected chi connectivity index (χ4v) is 3.21. The van der Waals surface area contributed by atoms with Crippen LogP contribution in [0.15, 0.2) is 18.5 Å². The third-order valence-corrected chi connectivity index (χ3v) is 4.16. The van der Waals surface area contributed by atoms with Gasteiger partial charge < -0.3 is 4.90 Å². The van der Waals surface area contributed by atoms with Gasteiger partial charge in [0.2, 0.25) is 0 Å². The number of nitrogens with zero attached hydrogens (tertiary/aromatic N) is 3. The van der Waals surface area contributed by atoms with Crippen LogP contribution in [-0.4, -0.2) is 42.1 Å². The molecule has 1 unspecified atom stereocenters. The molecule has 2 aliphatic rings. The molecule has 0 radical (unpaired) electrons. The molecular formula is C14H21N3. The minimum Gasteiger partial charge on any atom is -0.368 e. The third kappa shape index (κ3) is 2.16. The van der Waals surface area contributed by atoms with Gasteiger partial charge in [-0.05, 0) is 44.4 Å². The molecule has 0 aromatic carbocycles. The lowest BCUT2D eigenvalue weighted by molar-refractivity contribution is 0.273. The Kier molecular flexibility index (Phi) is 3.02. The molecule has 17 heavy (non-hydrogen) atoms. The van der Waals surface area contributed by atoms with Gasteiger partial charge in [0.25, 0.3) is 0 Å². The van der Waals surface area contributed by atoms with Gasteiger partial charge in [-0.3, -0.25) is 9.88 Å². The summed E-state index contributed by atoms with van der Waals surface area (Å²) in [5.41, 5.74) is 2.69. The Morgan fingerprint density at radius 2 is 2.12 bits per heavy atom. The van der Waals surface area contributed by atoms with E-state index in [-0.39, 0.29) is 0 Å². The van der Waals surface area contributed by atoms with Crippen LogP contribution in [0.2, 0.25) is 0 Å². The molecule has 3 heterocycles. The molecule has 92 valence electrons. The zero-order chi connectivity index (χ0) is 11.7. The van der Waals surface area contributed by atoms with Crippen molar-refractivity contribution in [2.75, 3.05) is 31.1 Å². The Labute approximate surface area is 103 Å². The van der Waals surface area contributed by atoms with Gasteiger partial charge in [0.1, 0.15) is 0 Å². The van der Waals surface area contributed by atoms with Crippen LogP contribution in [0, 0.1) is 6.92 Å². The average Bonchev–Trinajstić information content (AvgIpc) is 2.68. The van der Waals surface area contributed by atoms with Crippen LogP contribution in [0.4, 0.5) is 5.69 Å². The van der Waals surface area contributed by atoms with Crippen molar-refractivity contribution < 1.29 is 0 Å². The summed E-state index contributed by atoms with van der Waals surface area (Å²) in [6, 6.07) is 2.89. The number of pyridine rings is 1. The Balaban J connectivity index is 1.81. The van der Waals surface area contributed by atoms with E-state index in [0.29, 0.717) is 0 Å². The van der Waals surface area contributed by atoms with Gasteiger partial charge in [-0.2, -0.15) is 0 Å². The average molecular weight is 231 g/mol. The molecule has 3 rings (SSSR count). The van der Waals surface area contributed by atoms with Crippen LogP contribution < -0.4 is 4.90 Å². The lowest BCUT2D eigenvalue weighted by Crippen LogP contribution is -2.36. The number of hydrogen-bond donors (Lipinski definition) is 0. The van der Waals surface area contributed by atoms with Crippen LogP contribution in [0.1, 0.15) is 24.8 Å². The fourth-order valence-electron chi connectivity index (χ4n) is 3.21. The Bertz CT molecular complexity index is 391. The van der Waals surface area contributed by atoms with E-state index in [1.165, 1.54) is 56.7 Å². The summed E-state index contributed by atoms with van der Waals surface area (Å²) in [6.07, 6.45) is 7.95. The van der Waals surface area contributed by atoms with Crippen LogP contribution in [0.5, 0.6) is 0 Å². The largest absolute Gasteiger partial charge is 0.368 e. The zero-order valence-electron chi connectivity index (χ0n) is 10.6. The molecule has 3 heteroatoms. The van der Waals surface area contributed by atoms with Crippen molar-refractivity contribution in [3.63, 3.8) is 0 Å². The molecule has 3 nitrogen and oxygen atoms in total. The van der Waals surface area contributed by atoms with Crippen LogP contribution in [-0.2, 0) is 0 Å². The number of anilines is 1. The van der Waals surface area contributed by atoms with Crippen LogP contribution >= 0.6 is 0 Å². The van der Waals surface area contributed by atoms with Gasteiger partial charge in [0.15, 0.2) is 0 Å². The lowest BCUT2D eigenvalue weighted by Gasteiger charge is -2.28. The third-order valence-electron chi connectivity index (χ3n) is 4.16. The van der Waals surface area contributed by atoms with Gasteiger partial charge in [-0.25, -0.2) is 0 Å². The van der Waals surface area contributed by atoms with Crippen molar-refractivity contribution in [2.45, 2.75) is 32.2 Å². The van der Waals surface area contributed by atoms with Crippen molar-refractivity contribution in [1.29, 1.82) is 0 Å². The Morgan fingerprint density at radius 1 is 1.24 bits per heavy atom. The molecule has 0 saturated carbocycles. The second-order valence-electron chi connectivity index (χ2n) is 5.29. The van der Waals surface area contributed by atoms with E-state index in [9.17, 15) is 0 Å². The maximum atomic E-state index is 4.28. The van der Waals surface area contributed by atoms with Crippen molar-refractivity contribution in [3.05, 3.63) is 24.0 Å². The van der Waals surface area contributed by atoms with Crippen molar-refractivity contribution in [1.82, 2.24) is 9.88 Å². The first-order chi connectivity index (χ1) is 8.34. The number of rotatable bonds is 1. The number of aryl methyl sites for hydroxylation is 1. The molecule has 1 aromatic rings. The fraction of sp³-hybridized carbons (Fsp3) is 0.643. The predicted octanol–water partition coefficient (Wildman–Crippen LogP) is 2.06. The maximum absolute atomic E-state index is 4.28. The molecule has 1 aromatic heterocycles. The molecule has 0 aliphatic carbocycles. The summed E-state index contributed by atoms with van der Waals surface area (Å²) in [6.45, 7) is 7.14. The molecule has 1 atom stereocenters. The number of fused-ring (bicyclic) bond motifs is 1. The Morgan fingerprint density at radius 3 is 3.00 bits per heavy atom. The monoisotopic (exact) mass is 231 g/mol. The van der Waals surface area contributed by atoms with Gasteiger partial charge in [0, 0.05) is 31.9 Å². The summed E-state index contributed by atoms with van der Waals surface area (Å²) in [4.78, 5) is 9.49. The van der Waals surface area contributed by atoms with E-state index in [1.54, 1.807) is 0 Å². The first-order valence-electron chi connectivity index (χ1n) is 6.74. The first-order valence-corrected chi connectivity index (χ1v) is 6.74. The molecule has 0 spiro atoms. The smallest absolute Gasteiger partial charge is 0.0582 e. The van der Waals surface area contributed by atoms with Gasteiger partial charge in [-0.1, -0.05) is 0 Å². The molecule has 2 fully saturated rings. The maximum Gasteiger partial charge on any atom is 0.0582 e. The molecule has 0 bridgehead atoms. The topological polar surface area (TPSA) is 19.4 Å². The molecule has 2 aliphatic heterocycles. The molecule has 2 saturated heterocycles. The minimum atomic E-state index is 0.775.